The van der Waals surface area contributed by atoms with E-state index in [1.54, 1.807) is 12.1 Å². The number of nitrogens with one attached hydrogen (secondary N) is 2. The van der Waals surface area contributed by atoms with Crippen LogP contribution in [0.3, 0.4) is 0 Å². The number of carbonyl (C=O) groups is 1. The number of rotatable bonds is 6. The number of ether oxygens (including phenoxy) is 1. The first-order valence-corrected chi connectivity index (χ1v) is 9.19. The lowest BCUT2D eigenvalue weighted by Crippen LogP contribution is -2.44. The van der Waals surface area contributed by atoms with E-state index in [0.29, 0.717) is 21.8 Å². The lowest BCUT2D eigenvalue weighted by atomic mass is 10.1. The summed E-state index contributed by atoms with van der Waals surface area (Å²) in [6.45, 7) is 9.85. The summed E-state index contributed by atoms with van der Waals surface area (Å²) in [7, 11) is 0. The number of hydrogen-bond acceptors (Lipinski definition) is 5. The Bertz CT molecular complexity index is 742. The van der Waals surface area contributed by atoms with Gasteiger partial charge in [-0.2, -0.15) is 0 Å². The van der Waals surface area contributed by atoms with Crippen LogP contribution in [0, 0.1) is 6.92 Å². The number of nitrogens with zero attached hydrogens (tertiary/aromatic N) is 2. The zero-order valence-corrected chi connectivity index (χ0v) is 16.6. The summed E-state index contributed by atoms with van der Waals surface area (Å²) < 4.78 is 5.68. The van der Waals surface area contributed by atoms with E-state index in [9.17, 15) is 4.79 Å². The van der Waals surface area contributed by atoms with Crippen LogP contribution in [-0.2, 0) is 11.4 Å². The number of carbonyl (C=O) groups excluding carboxylic acids is 1. The fraction of sp³-hybridized carbons (Fsp3) is 0.471. The average Bonchev–Trinajstić information content (AvgIpc) is 2.94. The number of halogens is 1. The average molecular weight is 383 g/mol. The first kappa shape index (κ1) is 19.6. The van der Waals surface area contributed by atoms with Crippen molar-refractivity contribution in [2.75, 3.05) is 0 Å². The van der Waals surface area contributed by atoms with Gasteiger partial charge in [-0.25, -0.2) is 4.98 Å². The van der Waals surface area contributed by atoms with Crippen LogP contribution in [0.25, 0.3) is 0 Å². The summed E-state index contributed by atoms with van der Waals surface area (Å²) in [6.07, 6.45) is 0. The van der Waals surface area contributed by atoms with Gasteiger partial charge in [-0.05, 0) is 58.4 Å². The van der Waals surface area contributed by atoms with E-state index in [1.165, 1.54) is 11.8 Å². The molecule has 2 rings (SSSR count). The van der Waals surface area contributed by atoms with Gasteiger partial charge in [0.15, 0.2) is 5.82 Å². The van der Waals surface area contributed by atoms with Crippen LogP contribution in [0.5, 0.6) is 5.75 Å². The van der Waals surface area contributed by atoms with Gasteiger partial charge in [0, 0.05) is 10.6 Å². The molecule has 25 heavy (non-hydrogen) atoms. The van der Waals surface area contributed by atoms with Crippen LogP contribution in [0.1, 0.15) is 39.1 Å². The molecule has 1 aromatic heterocycles. The summed E-state index contributed by atoms with van der Waals surface area (Å²) in [5.41, 5.74) is 0.687. The first-order valence-electron chi connectivity index (χ1n) is 7.93. The topological polar surface area (TPSA) is 79.9 Å². The Morgan fingerprint density at radius 2 is 2.16 bits per heavy atom. The molecule has 0 saturated carbocycles. The minimum absolute atomic E-state index is 0.0447. The highest BCUT2D eigenvalue weighted by Crippen LogP contribution is 2.23. The van der Waals surface area contributed by atoms with Gasteiger partial charge in [0.2, 0.25) is 11.1 Å². The smallest absolute Gasteiger partial charge is 0.233 e. The largest absolute Gasteiger partial charge is 0.486 e. The zero-order chi connectivity index (χ0) is 18.6. The standard InChI is InChI=1S/C17H23ClN4O2S/c1-10-8-12(6-7-13(10)18)24-9-14-19-16(22-21-14)25-11(2)15(23)20-17(3,4)5/h6-8,11H,9H2,1-5H3,(H,20,23)(H,19,21,22)/t11-/m0/s1. The Balaban J connectivity index is 1.89. The van der Waals surface area contributed by atoms with E-state index < -0.39 is 0 Å². The van der Waals surface area contributed by atoms with E-state index in [4.69, 9.17) is 16.3 Å². The molecule has 0 bridgehead atoms. The Labute approximate surface area is 157 Å². The van der Waals surface area contributed by atoms with Gasteiger partial charge in [0.25, 0.3) is 0 Å². The van der Waals surface area contributed by atoms with Gasteiger partial charge < -0.3 is 10.1 Å². The quantitative estimate of drug-likeness (QED) is 0.744. The van der Waals surface area contributed by atoms with Crippen LogP contribution in [-0.4, -0.2) is 31.9 Å². The highest BCUT2D eigenvalue weighted by atomic mass is 35.5. The van der Waals surface area contributed by atoms with Gasteiger partial charge in [0.05, 0.1) is 5.25 Å². The second-order valence-electron chi connectivity index (χ2n) is 6.76. The maximum Gasteiger partial charge on any atom is 0.233 e. The minimum Gasteiger partial charge on any atom is -0.486 e. The number of aryl methyl sites for hydroxylation is 1. The highest BCUT2D eigenvalue weighted by Gasteiger charge is 2.21. The van der Waals surface area contributed by atoms with Crippen molar-refractivity contribution in [2.45, 2.75) is 57.2 Å². The second kappa shape index (κ2) is 8.10. The number of H-pyrrole nitrogens is 1. The van der Waals surface area contributed by atoms with E-state index in [2.05, 4.69) is 20.5 Å². The molecule has 2 N–H and O–H groups in total. The van der Waals surface area contributed by atoms with Crippen molar-refractivity contribution in [2.24, 2.45) is 0 Å². The summed E-state index contributed by atoms with van der Waals surface area (Å²) in [5, 5.41) is 10.8. The summed E-state index contributed by atoms with van der Waals surface area (Å²) >= 11 is 7.30. The van der Waals surface area contributed by atoms with E-state index in [0.717, 1.165) is 5.56 Å². The van der Waals surface area contributed by atoms with Crippen LogP contribution >= 0.6 is 23.4 Å². The van der Waals surface area contributed by atoms with Gasteiger partial charge in [-0.3, -0.25) is 9.89 Å². The Morgan fingerprint density at radius 1 is 1.44 bits per heavy atom. The van der Waals surface area contributed by atoms with Crippen LogP contribution < -0.4 is 10.1 Å². The molecule has 6 nitrogen and oxygen atoms in total. The summed E-state index contributed by atoms with van der Waals surface area (Å²) in [4.78, 5) is 16.5. The van der Waals surface area contributed by atoms with Crippen LogP contribution in [0.15, 0.2) is 23.4 Å². The van der Waals surface area contributed by atoms with Crippen LogP contribution in [0.2, 0.25) is 5.02 Å². The molecule has 2 aromatic rings. The molecular formula is C17H23ClN4O2S. The Hall–Kier alpha value is -1.73. The SMILES string of the molecule is Cc1cc(OCc2nc(S[C@@H](C)C(=O)NC(C)(C)C)n[nH]2)ccc1Cl. The van der Waals surface area contributed by atoms with E-state index in [-0.39, 0.29) is 23.3 Å². The molecule has 1 atom stereocenters. The molecule has 0 spiro atoms. The lowest BCUT2D eigenvalue weighted by Gasteiger charge is -2.22. The van der Waals surface area contributed by atoms with Gasteiger partial charge in [0.1, 0.15) is 12.4 Å². The number of hydrogen-bond donors (Lipinski definition) is 2. The Morgan fingerprint density at radius 3 is 2.80 bits per heavy atom. The molecular weight excluding hydrogens is 360 g/mol. The molecule has 0 unspecified atom stereocenters. The molecule has 1 amide bonds. The molecule has 0 radical (unpaired) electrons. The minimum atomic E-state index is -0.289. The Kier molecular flexibility index (Phi) is 6.35. The van der Waals surface area contributed by atoms with Gasteiger partial charge in [-0.15, -0.1) is 5.10 Å². The number of aromatic nitrogens is 3. The van der Waals surface area contributed by atoms with Crippen molar-refractivity contribution in [1.82, 2.24) is 20.5 Å². The predicted octanol–water partition coefficient (Wildman–Crippen LogP) is 3.74. The monoisotopic (exact) mass is 382 g/mol. The molecule has 0 aliphatic heterocycles. The zero-order valence-electron chi connectivity index (χ0n) is 15.0. The van der Waals surface area contributed by atoms with Crippen molar-refractivity contribution in [3.8, 4) is 5.75 Å². The molecule has 8 heteroatoms. The second-order valence-corrected chi connectivity index (χ2v) is 8.48. The van der Waals surface area contributed by atoms with Crippen molar-refractivity contribution >= 4 is 29.3 Å². The van der Waals surface area contributed by atoms with Gasteiger partial charge >= 0.3 is 0 Å². The fourth-order valence-corrected chi connectivity index (χ4v) is 2.80. The molecule has 0 fully saturated rings. The summed E-state index contributed by atoms with van der Waals surface area (Å²) in [6, 6.07) is 5.47. The molecule has 1 heterocycles. The first-order chi connectivity index (χ1) is 11.6. The molecule has 0 aliphatic rings. The van der Waals surface area contributed by atoms with E-state index in [1.807, 2.05) is 40.7 Å². The number of benzene rings is 1. The molecule has 136 valence electrons. The summed E-state index contributed by atoms with van der Waals surface area (Å²) in [5.74, 6) is 1.26. The normalized spacial score (nSPS) is 12.7. The number of aromatic amines is 1. The van der Waals surface area contributed by atoms with Crippen LogP contribution in [0.4, 0.5) is 0 Å². The molecule has 1 aromatic carbocycles. The van der Waals surface area contributed by atoms with Gasteiger partial charge in [-0.1, -0.05) is 23.4 Å². The highest BCUT2D eigenvalue weighted by molar-refractivity contribution is 8.00. The predicted molar refractivity (Wildman–Crippen MR) is 100 cm³/mol. The van der Waals surface area contributed by atoms with Crippen molar-refractivity contribution < 1.29 is 9.53 Å². The lowest BCUT2D eigenvalue weighted by molar-refractivity contribution is -0.121. The number of amides is 1. The maximum atomic E-state index is 12.1. The van der Waals surface area contributed by atoms with Crippen molar-refractivity contribution in [3.05, 3.63) is 34.6 Å². The molecule has 0 aliphatic carbocycles. The van der Waals surface area contributed by atoms with Crippen molar-refractivity contribution in [3.63, 3.8) is 0 Å². The fourth-order valence-electron chi connectivity index (χ4n) is 1.94. The third kappa shape index (κ3) is 6.25. The molecule has 0 saturated heterocycles. The third-order valence-electron chi connectivity index (χ3n) is 3.17. The third-order valence-corrected chi connectivity index (χ3v) is 4.55. The van der Waals surface area contributed by atoms with Crippen molar-refractivity contribution in [1.29, 1.82) is 0 Å². The number of thioether (sulfide) groups is 1. The maximum absolute atomic E-state index is 12.1. The van der Waals surface area contributed by atoms with E-state index >= 15 is 0 Å².